The lowest BCUT2D eigenvalue weighted by molar-refractivity contribution is -0.141. The number of aromatic nitrogens is 2. The van der Waals surface area contributed by atoms with Crippen molar-refractivity contribution in [3.05, 3.63) is 11.7 Å². The minimum atomic E-state index is -0.0420. The van der Waals surface area contributed by atoms with Crippen LogP contribution in [0.1, 0.15) is 69.1 Å². The molecule has 0 unspecified atom stereocenters. The van der Waals surface area contributed by atoms with E-state index < -0.39 is 0 Å². The Kier molecular flexibility index (Phi) is 4.02. The quantitative estimate of drug-likeness (QED) is 0.844. The van der Waals surface area contributed by atoms with Crippen LogP contribution in [0.3, 0.4) is 0 Å². The van der Waals surface area contributed by atoms with Crippen LogP contribution in [0.4, 0.5) is 0 Å². The molecular formula is C17H24N4O3. The molecule has 2 amide bonds. The Labute approximate surface area is 141 Å². The van der Waals surface area contributed by atoms with E-state index in [2.05, 4.69) is 10.1 Å². The van der Waals surface area contributed by atoms with Gasteiger partial charge in [-0.1, -0.05) is 5.16 Å². The van der Waals surface area contributed by atoms with Crippen LogP contribution in [-0.2, 0) is 9.59 Å². The second-order valence-electron chi connectivity index (χ2n) is 7.24. The molecule has 1 aliphatic carbocycles. The van der Waals surface area contributed by atoms with Crippen molar-refractivity contribution in [3.8, 4) is 0 Å². The van der Waals surface area contributed by atoms with Crippen molar-refractivity contribution in [2.75, 3.05) is 19.6 Å². The Hall–Kier alpha value is -1.92. The molecule has 0 bridgehead atoms. The number of piperidine rings is 1. The molecule has 3 aliphatic rings. The van der Waals surface area contributed by atoms with E-state index in [0.29, 0.717) is 24.8 Å². The van der Waals surface area contributed by atoms with E-state index in [1.54, 1.807) is 6.92 Å². The van der Waals surface area contributed by atoms with Gasteiger partial charge in [0.25, 0.3) is 0 Å². The van der Waals surface area contributed by atoms with Gasteiger partial charge in [0, 0.05) is 38.4 Å². The summed E-state index contributed by atoms with van der Waals surface area (Å²) >= 11 is 0. The van der Waals surface area contributed by atoms with Gasteiger partial charge in [0.1, 0.15) is 0 Å². The maximum absolute atomic E-state index is 12.9. The van der Waals surface area contributed by atoms with Gasteiger partial charge in [-0.25, -0.2) is 0 Å². The monoisotopic (exact) mass is 332 g/mol. The van der Waals surface area contributed by atoms with Crippen LogP contribution in [0, 0.1) is 5.92 Å². The molecule has 0 aromatic carbocycles. The number of hydrogen-bond donors (Lipinski definition) is 0. The highest BCUT2D eigenvalue weighted by molar-refractivity contribution is 5.80. The predicted octanol–water partition coefficient (Wildman–Crippen LogP) is 1.87. The van der Waals surface area contributed by atoms with Crippen molar-refractivity contribution < 1.29 is 14.1 Å². The number of carbonyl (C=O) groups excluding carboxylic acids is 2. The summed E-state index contributed by atoms with van der Waals surface area (Å²) in [5.41, 5.74) is 0. The lowest BCUT2D eigenvalue weighted by Gasteiger charge is -2.33. The first-order valence-corrected chi connectivity index (χ1v) is 9.03. The topological polar surface area (TPSA) is 79.5 Å². The lowest BCUT2D eigenvalue weighted by Crippen LogP contribution is -2.43. The molecule has 7 heteroatoms. The van der Waals surface area contributed by atoms with Crippen LogP contribution >= 0.6 is 0 Å². The molecule has 3 heterocycles. The molecule has 1 aromatic heterocycles. The van der Waals surface area contributed by atoms with Crippen molar-refractivity contribution in [2.45, 2.75) is 57.4 Å². The molecule has 0 N–H and O–H groups in total. The summed E-state index contributed by atoms with van der Waals surface area (Å²) in [4.78, 5) is 32.7. The number of carbonyl (C=O) groups is 2. The largest absolute Gasteiger partial charge is 0.343 e. The fourth-order valence-electron chi connectivity index (χ4n) is 3.85. The minimum absolute atomic E-state index is 0.0102. The van der Waals surface area contributed by atoms with Crippen molar-refractivity contribution in [1.29, 1.82) is 0 Å². The molecule has 3 fully saturated rings. The highest BCUT2D eigenvalue weighted by Gasteiger charge is 2.39. The Morgan fingerprint density at radius 2 is 1.83 bits per heavy atom. The first kappa shape index (κ1) is 15.6. The summed E-state index contributed by atoms with van der Waals surface area (Å²) < 4.78 is 5.37. The molecule has 7 nitrogen and oxygen atoms in total. The van der Waals surface area contributed by atoms with E-state index in [-0.39, 0.29) is 23.8 Å². The number of likely N-dealkylation sites (tertiary alicyclic amines) is 2. The van der Waals surface area contributed by atoms with Gasteiger partial charge in [0.05, 0.1) is 6.04 Å². The third-order valence-corrected chi connectivity index (χ3v) is 5.51. The van der Waals surface area contributed by atoms with Gasteiger partial charge in [0.15, 0.2) is 5.82 Å². The first-order chi connectivity index (χ1) is 11.6. The van der Waals surface area contributed by atoms with Crippen LogP contribution in [-0.4, -0.2) is 51.4 Å². The molecule has 24 heavy (non-hydrogen) atoms. The van der Waals surface area contributed by atoms with Gasteiger partial charge in [-0.05, 0) is 38.5 Å². The smallest absolute Gasteiger partial charge is 0.229 e. The Balaban J connectivity index is 1.42. The van der Waals surface area contributed by atoms with Crippen LogP contribution in [0.25, 0.3) is 0 Å². The number of amides is 2. The Morgan fingerprint density at radius 1 is 1.08 bits per heavy atom. The molecule has 0 radical (unpaired) electrons. The first-order valence-electron chi connectivity index (χ1n) is 9.03. The van der Waals surface area contributed by atoms with E-state index in [0.717, 1.165) is 51.0 Å². The summed E-state index contributed by atoms with van der Waals surface area (Å²) in [5.74, 6) is 2.14. The van der Waals surface area contributed by atoms with Gasteiger partial charge < -0.3 is 14.3 Å². The van der Waals surface area contributed by atoms with Gasteiger partial charge in [-0.15, -0.1) is 0 Å². The van der Waals surface area contributed by atoms with Crippen LogP contribution in [0.15, 0.2) is 4.52 Å². The highest BCUT2D eigenvalue weighted by Crippen LogP contribution is 2.40. The molecule has 1 aromatic rings. The lowest BCUT2D eigenvalue weighted by atomic mass is 9.95. The van der Waals surface area contributed by atoms with Crippen molar-refractivity contribution in [3.63, 3.8) is 0 Å². The van der Waals surface area contributed by atoms with Crippen LogP contribution in [0.2, 0.25) is 0 Å². The van der Waals surface area contributed by atoms with Gasteiger partial charge in [-0.2, -0.15) is 4.98 Å². The summed E-state index contributed by atoms with van der Waals surface area (Å²) in [6.45, 7) is 3.71. The van der Waals surface area contributed by atoms with Gasteiger partial charge >= 0.3 is 0 Å². The molecule has 2 aliphatic heterocycles. The second kappa shape index (κ2) is 6.18. The zero-order valence-corrected chi connectivity index (χ0v) is 14.1. The summed E-state index contributed by atoms with van der Waals surface area (Å²) in [7, 11) is 0. The van der Waals surface area contributed by atoms with Crippen molar-refractivity contribution in [2.24, 2.45) is 5.92 Å². The average molecular weight is 332 g/mol. The Bertz CT molecular complexity index is 632. The average Bonchev–Trinajstić information content (AvgIpc) is 3.12. The maximum atomic E-state index is 12.9. The highest BCUT2D eigenvalue weighted by atomic mass is 16.5. The third kappa shape index (κ3) is 2.91. The normalized spacial score (nSPS) is 25.3. The molecule has 130 valence electrons. The van der Waals surface area contributed by atoms with E-state index in [1.807, 2.05) is 9.80 Å². The molecule has 0 spiro atoms. The summed E-state index contributed by atoms with van der Waals surface area (Å²) in [5, 5.41) is 4.14. The van der Waals surface area contributed by atoms with E-state index in [1.165, 1.54) is 0 Å². The van der Waals surface area contributed by atoms with Gasteiger partial charge in [-0.3, -0.25) is 9.59 Å². The zero-order valence-electron chi connectivity index (χ0n) is 14.1. The number of hydrogen-bond acceptors (Lipinski definition) is 5. The van der Waals surface area contributed by atoms with Crippen LogP contribution < -0.4 is 0 Å². The van der Waals surface area contributed by atoms with Crippen molar-refractivity contribution in [1.82, 2.24) is 19.9 Å². The van der Waals surface area contributed by atoms with Gasteiger partial charge in [0.2, 0.25) is 17.7 Å². The molecule has 2 saturated heterocycles. The summed E-state index contributed by atoms with van der Waals surface area (Å²) in [6.07, 6.45) is 5.65. The zero-order chi connectivity index (χ0) is 16.7. The molecule has 1 saturated carbocycles. The Morgan fingerprint density at radius 3 is 2.50 bits per heavy atom. The van der Waals surface area contributed by atoms with E-state index in [9.17, 15) is 9.59 Å². The minimum Gasteiger partial charge on any atom is -0.343 e. The maximum Gasteiger partial charge on any atom is 0.229 e. The SMILES string of the molecule is CC(=O)N1CCC(C(=O)N2CCC[C@H]2c2noc(C3CC3)n2)CC1. The predicted molar refractivity (Wildman–Crippen MR) is 84.9 cm³/mol. The number of rotatable bonds is 3. The van der Waals surface area contributed by atoms with E-state index >= 15 is 0 Å². The van der Waals surface area contributed by atoms with Crippen molar-refractivity contribution >= 4 is 11.8 Å². The number of nitrogens with zero attached hydrogens (tertiary/aromatic N) is 4. The fourth-order valence-corrected chi connectivity index (χ4v) is 3.85. The summed E-state index contributed by atoms with van der Waals surface area (Å²) in [6, 6.07) is -0.0420. The second-order valence-corrected chi connectivity index (χ2v) is 7.24. The molecule has 4 rings (SSSR count). The fraction of sp³-hybridized carbons (Fsp3) is 0.765. The third-order valence-electron chi connectivity index (χ3n) is 5.51. The molecule has 1 atom stereocenters. The molecular weight excluding hydrogens is 308 g/mol. The van der Waals surface area contributed by atoms with E-state index in [4.69, 9.17) is 4.52 Å². The standard InChI is InChI=1S/C17H24N4O3/c1-11(22)20-9-6-13(7-10-20)17(23)21-8-2-3-14(21)15-18-16(24-19-15)12-4-5-12/h12-14H,2-10H2,1H3/t14-/m0/s1. The van der Waals surface area contributed by atoms with Crippen LogP contribution in [0.5, 0.6) is 0 Å².